The summed E-state index contributed by atoms with van der Waals surface area (Å²) < 4.78 is 10.7. The van der Waals surface area contributed by atoms with Crippen molar-refractivity contribution in [2.75, 3.05) is 6.79 Å². The number of hydrogen-bond donors (Lipinski definition) is 0. The van der Waals surface area contributed by atoms with Gasteiger partial charge in [-0.3, -0.25) is 4.79 Å². The summed E-state index contributed by atoms with van der Waals surface area (Å²) in [6.07, 6.45) is 0. The molecule has 0 unspecified atom stereocenters. The molecule has 0 radical (unpaired) electrons. The molecule has 0 fully saturated rings. The second-order valence-corrected chi connectivity index (χ2v) is 5.63. The Labute approximate surface area is 124 Å². The summed E-state index contributed by atoms with van der Waals surface area (Å²) in [5, 5.41) is 0. The molecule has 0 bridgehead atoms. The first-order chi connectivity index (χ1) is 10.1. The second-order valence-electron chi connectivity index (χ2n) is 5.63. The largest absolute Gasteiger partial charge is 0.454 e. The molecule has 0 aliphatic carbocycles. The quantitative estimate of drug-likeness (QED) is 0.796. The van der Waals surface area contributed by atoms with Crippen LogP contribution >= 0.6 is 0 Å². The van der Waals surface area contributed by atoms with E-state index in [1.807, 2.05) is 37.3 Å². The lowest BCUT2D eigenvalue weighted by Crippen LogP contribution is -2.04. The lowest BCUT2D eigenvalue weighted by atomic mass is 9.96. The lowest BCUT2D eigenvalue weighted by molar-refractivity contribution is 0.103. The van der Waals surface area contributed by atoms with E-state index in [0.29, 0.717) is 28.5 Å². The van der Waals surface area contributed by atoms with Crippen LogP contribution in [0.4, 0.5) is 0 Å². The van der Waals surface area contributed by atoms with Crippen LogP contribution in [0.1, 0.15) is 46.8 Å². The number of benzene rings is 2. The molecule has 0 atom stereocenters. The normalized spacial score (nSPS) is 12.8. The van der Waals surface area contributed by atoms with Gasteiger partial charge >= 0.3 is 0 Å². The van der Waals surface area contributed by atoms with Crippen LogP contribution in [0.3, 0.4) is 0 Å². The van der Waals surface area contributed by atoms with Crippen LogP contribution in [-0.4, -0.2) is 12.6 Å². The summed E-state index contributed by atoms with van der Waals surface area (Å²) in [4.78, 5) is 12.7. The number of carbonyl (C=O) groups excluding carboxylic acids is 1. The van der Waals surface area contributed by atoms with Crippen LogP contribution in [0.2, 0.25) is 0 Å². The SMILES string of the molecule is Cc1cc2c(cc1C(=O)c1ccc(C(C)C)cc1)OCO2. The minimum absolute atomic E-state index is 0.0149. The molecule has 0 saturated carbocycles. The highest BCUT2D eigenvalue weighted by Gasteiger charge is 2.20. The van der Waals surface area contributed by atoms with Crippen molar-refractivity contribution in [3.63, 3.8) is 0 Å². The molecule has 1 aliphatic heterocycles. The zero-order valence-corrected chi connectivity index (χ0v) is 12.5. The minimum Gasteiger partial charge on any atom is -0.454 e. The first-order valence-corrected chi connectivity index (χ1v) is 7.11. The summed E-state index contributed by atoms with van der Waals surface area (Å²) in [5.41, 5.74) is 3.49. The van der Waals surface area contributed by atoms with Gasteiger partial charge in [0.05, 0.1) is 0 Å². The third kappa shape index (κ3) is 2.51. The van der Waals surface area contributed by atoms with Crippen molar-refractivity contribution in [1.29, 1.82) is 0 Å². The van der Waals surface area contributed by atoms with Gasteiger partial charge < -0.3 is 9.47 Å². The third-order valence-electron chi connectivity index (χ3n) is 3.80. The molecule has 2 aromatic carbocycles. The van der Waals surface area contributed by atoms with Gasteiger partial charge in [0.15, 0.2) is 17.3 Å². The number of carbonyl (C=O) groups is 1. The highest BCUT2D eigenvalue weighted by atomic mass is 16.7. The van der Waals surface area contributed by atoms with E-state index in [-0.39, 0.29) is 12.6 Å². The monoisotopic (exact) mass is 282 g/mol. The van der Waals surface area contributed by atoms with Crippen molar-refractivity contribution in [2.24, 2.45) is 0 Å². The van der Waals surface area contributed by atoms with Gasteiger partial charge in [0, 0.05) is 11.1 Å². The first-order valence-electron chi connectivity index (χ1n) is 7.11. The fourth-order valence-corrected chi connectivity index (χ4v) is 2.46. The van der Waals surface area contributed by atoms with Crippen LogP contribution in [0.25, 0.3) is 0 Å². The molecular formula is C18H18O3. The molecule has 0 N–H and O–H groups in total. The number of aryl methyl sites for hydroxylation is 1. The van der Waals surface area contributed by atoms with Crippen LogP contribution in [0, 0.1) is 6.92 Å². The molecule has 0 aromatic heterocycles. The van der Waals surface area contributed by atoms with Crippen molar-refractivity contribution in [3.8, 4) is 11.5 Å². The Balaban J connectivity index is 1.95. The number of ether oxygens (including phenoxy) is 2. The molecule has 3 rings (SSSR count). The van der Waals surface area contributed by atoms with E-state index in [4.69, 9.17) is 9.47 Å². The van der Waals surface area contributed by atoms with E-state index in [2.05, 4.69) is 13.8 Å². The van der Waals surface area contributed by atoms with E-state index < -0.39 is 0 Å². The molecule has 3 heteroatoms. The fourth-order valence-electron chi connectivity index (χ4n) is 2.46. The number of rotatable bonds is 3. The molecule has 1 aliphatic rings. The molecule has 0 amide bonds. The Morgan fingerprint density at radius 2 is 1.67 bits per heavy atom. The van der Waals surface area contributed by atoms with E-state index in [0.717, 1.165) is 5.56 Å². The van der Waals surface area contributed by atoms with Gasteiger partial charge in [-0.15, -0.1) is 0 Å². The van der Waals surface area contributed by atoms with Crippen molar-refractivity contribution in [2.45, 2.75) is 26.7 Å². The van der Waals surface area contributed by atoms with Gasteiger partial charge in [0.1, 0.15) is 0 Å². The Hall–Kier alpha value is -2.29. The van der Waals surface area contributed by atoms with Gasteiger partial charge in [-0.2, -0.15) is 0 Å². The van der Waals surface area contributed by atoms with Crippen LogP contribution < -0.4 is 9.47 Å². The molecule has 21 heavy (non-hydrogen) atoms. The zero-order chi connectivity index (χ0) is 15.0. The summed E-state index contributed by atoms with van der Waals surface area (Å²) >= 11 is 0. The average Bonchev–Trinajstić information content (AvgIpc) is 2.93. The Morgan fingerprint density at radius 3 is 2.29 bits per heavy atom. The van der Waals surface area contributed by atoms with E-state index in [1.165, 1.54) is 5.56 Å². The maximum atomic E-state index is 12.7. The predicted octanol–water partition coefficient (Wildman–Crippen LogP) is 4.08. The number of fused-ring (bicyclic) bond motifs is 1. The van der Waals surface area contributed by atoms with E-state index >= 15 is 0 Å². The summed E-state index contributed by atoms with van der Waals surface area (Å²) in [5.74, 6) is 1.82. The molecule has 3 nitrogen and oxygen atoms in total. The average molecular weight is 282 g/mol. The van der Waals surface area contributed by atoms with Gasteiger partial charge in [0.25, 0.3) is 0 Å². The number of ketones is 1. The maximum Gasteiger partial charge on any atom is 0.231 e. The molecule has 108 valence electrons. The summed E-state index contributed by atoms with van der Waals surface area (Å²) in [7, 11) is 0. The standard InChI is InChI=1S/C18H18O3/c1-11(2)13-4-6-14(7-5-13)18(19)15-9-17-16(8-12(15)3)20-10-21-17/h4-9,11H,10H2,1-3H3. The lowest BCUT2D eigenvalue weighted by Gasteiger charge is -2.09. The summed E-state index contributed by atoms with van der Waals surface area (Å²) in [6.45, 7) is 6.41. The first kappa shape index (κ1) is 13.7. The van der Waals surface area contributed by atoms with Crippen molar-refractivity contribution < 1.29 is 14.3 Å². The summed E-state index contributed by atoms with van der Waals surface area (Å²) in [6, 6.07) is 11.4. The van der Waals surface area contributed by atoms with Crippen LogP contribution in [-0.2, 0) is 0 Å². The van der Waals surface area contributed by atoms with Gasteiger partial charge in [-0.05, 0) is 36.1 Å². The van der Waals surface area contributed by atoms with Crippen molar-refractivity contribution >= 4 is 5.78 Å². The highest BCUT2D eigenvalue weighted by molar-refractivity contribution is 6.10. The fraction of sp³-hybridized carbons (Fsp3) is 0.278. The molecular weight excluding hydrogens is 264 g/mol. The van der Waals surface area contributed by atoms with Gasteiger partial charge in [-0.25, -0.2) is 0 Å². The van der Waals surface area contributed by atoms with E-state index in [9.17, 15) is 4.79 Å². The molecule has 0 spiro atoms. The van der Waals surface area contributed by atoms with E-state index in [1.54, 1.807) is 6.07 Å². The number of hydrogen-bond acceptors (Lipinski definition) is 3. The van der Waals surface area contributed by atoms with Gasteiger partial charge in [-0.1, -0.05) is 38.1 Å². The molecule has 1 heterocycles. The molecule has 2 aromatic rings. The maximum absolute atomic E-state index is 12.7. The topological polar surface area (TPSA) is 35.5 Å². The Bertz CT molecular complexity index is 684. The van der Waals surface area contributed by atoms with Crippen LogP contribution in [0.5, 0.6) is 11.5 Å². The van der Waals surface area contributed by atoms with Crippen molar-refractivity contribution in [1.82, 2.24) is 0 Å². The minimum atomic E-state index is 0.0149. The smallest absolute Gasteiger partial charge is 0.231 e. The highest BCUT2D eigenvalue weighted by Crippen LogP contribution is 2.35. The third-order valence-corrected chi connectivity index (χ3v) is 3.80. The molecule has 0 saturated heterocycles. The zero-order valence-electron chi connectivity index (χ0n) is 12.5. The van der Waals surface area contributed by atoms with Gasteiger partial charge in [0.2, 0.25) is 6.79 Å². The predicted molar refractivity (Wildman–Crippen MR) is 81.3 cm³/mol. The Morgan fingerprint density at radius 1 is 1.05 bits per heavy atom. The van der Waals surface area contributed by atoms with Crippen molar-refractivity contribution in [3.05, 3.63) is 58.7 Å². The Kier molecular flexibility index (Phi) is 3.42. The second kappa shape index (κ2) is 5.24. The van der Waals surface area contributed by atoms with Crippen LogP contribution in [0.15, 0.2) is 36.4 Å².